The SMILES string of the molecule is CCNC(C)c1ccc(N(C)Cc2ccccn2)c(Br)c1. The van der Waals surface area contributed by atoms with Gasteiger partial charge in [0.2, 0.25) is 0 Å². The first-order valence-electron chi connectivity index (χ1n) is 7.25. The molecular weight excluding hydrogens is 326 g/mol. The van der Waals surface area contributed by atoms with Crippen molar-refractivity contribution in [2.45, 2.75) is 26.4 Å². The minimum absolute atomic E-state index is 0.362. The number of rotatable bonds is 6. The van der Waals surface area contributed by atoms with E-state index in [1.165, 1.54) is 11.3 Å². The van der Waals surface area contributed by atoms with Crippen molar-refractivity contribution in [3.63, 3.8) is 0 Å². The molecule has 1 aromatic heterocycles. The number of nitrogens with one attached hydrogen (secondary N) is 1. The second kappa shape index (κ2) is 7.57. The Morgan fingerprint density at radius 2 is 2.10 bits per heavy atom. The quantitative estimate of drug-likeness (QED) is 0.850. The molecule has 21 heavy (non-hydrogen) atoms. The number of anilines is 1. The molecule has 0 radical (unpaired) electrons. The number of aromatic nitrogens is 1. The van der Waals surface area contributed by atoms with E-state index in [0.717, 1.165) is 23.3 Å². The molecule has 0 amide bonds. The molecule has 1 aromatic carbocycles. The van der Waals surface area contributed by atoms with Gasteiger partial charge >= 0.3 is 0 Å². The molecule has 1 atom stereocenters. The highest BCUT2D eigenvalue weighted by Crippen LogP contribution is 2.29. The van der Waals surface area contributed by atoms with Crippen LogP contribution >= 0.6 is 15.9 Å². The summed E-state index contributed by atoms with van der Waals surface area (Å²) in [6.45, 7) is 6.07. The predicted molar refractivity (Wildman–Crippen MR) is 92.6 cm³/mol. The second-order valence-corrected chi connectivity index (χ2v) is 6.02. The Kier molecular flexibility index (Phi) is 5.76. The monoisotopic (exact) mass is 347 g/mol. The molecule has 0 bridgehead atoms. The van der Waals surface area contributed by atoms with E-state index in [9.17, 15) is 0 Å². The fraction of sp³-hybridized carbons (Fsp3) is 0.353. The van der Waals surface area contributed by atoms with Crippen LogP contribution < -0.4 is 10.2 Å². The number of hydrogen-bond acceptors (Lipinski definition) is 3. The van der Waals surface area contributed by atoms with E-state index >= 15 is 0 Å². The molecule has 112 valence electrons. The zero-order valence-corrected chi connectivity index (χ0v) is 14.4. The topological polar surface area (TPSA) is 28.2 Å². The van der Waals surface area contributed by atoms with Crippen molar-refractivity contribution in [3.05, 3.63) is 58.3 Å². The van der Waals surface area contributed by atoms with E-state index in [1.807, 2.05) is 24.4 Å². The van der Waals surface area contributed by atoms with Crippen molar-refractivity contribution in [1.82, 2.24) is 10.3 Å². The second-order valence-electron chi connectivity index (χ2n) is 5.17. The van der Waals surface area contributed by atoms with Gasteiger partial charge in [0.25, 0.3) is 0 Å². The van der Waals surface area contributed by atoms with E-state index in [2.05, 4.69) is 70.2 Å². The molecule has 3 nitrogen and oxygen atoms in total. The summed E-state index contributed by atoms with van der Waals surface area (Å²) in [7, 11) is 2.09. The molecule has 0 saturated heterocycles. The third kappa shape index (κ3) is 4.29. The molecule has 0 aliphatic heterocycles. The van der Waals surface area contributed by atoms with Crippen LogP contribution in [-0.2, 0) is 6.54 Å². The summed E-state index contributed by atoms with van der Waals surface area (Å²) in [5, 5.41) is 3.43. The largest absolute Gasteiger partial charge is 0.368 e. The Labute approximate surface area is 135 Å². The molecule has 0 aliphatic carbocycles. The first-order chi connectivity index (χ1) is 10.1. The summed E-state index contributed by atoms with van der Waals surface area (Å²) < 4.78 is 1.11. The molecule has 0 spiro atoms. The molecule has 1 heterocycles. The number of halogens is 1. The normalized spacial score (nSPS) is 12.2. The lowest BCUT2D eigenvalue weighted by atomic mass is 10.1. The minimum atomic E-state index is 0.362. The van der Waals surface area contributed by atoms with Gasteiger partial charge in [-0.25, -0.2) is 0 Å². The zero-order chi connectivity index (χ0) is 15.2. The highest BCUT2D eigenvalue weighted by atomic mass is 79.9. The molecule has 2 aromatic rings. The van der Waals surface area contributed by atoms with Gasteiger partial charge in [-0.05, 0) is 59.2 Å². The standard InChI is InChI=1S/C17H22BrN3/c1-4-19-13(2)14-8-9-17(16(18)11-14)21(3)12-15-7-5-6-10-20-15/h5-11,13,19H,4,12H2,1-3H3. The third-order valence-electron chi connectivity index (χ3n) is 3.52. The molecule has 1 N–H and O–H groups in total. The molecule has 0 saturated carbocycles. The Balaban J connectivity index is 2.13. The average molecular weight is 348 g/mol. The van der Waals surface area contributed by atoms with Crippen LogP contribution in [0, 0.1) is 0 Å². The van der Waals surface area contributed by atoms with Gasteiger partial charge in [0.1, 0.15) is 0 Å². The van der Waals surface area contributed by atoms with E-state index < -0.39 is 0 Å². The highest BCUT2D eigenvalue weighted by molar-refractivity contribution is 9.10. The summed E-state index contributed by atoms with van der Waals surface area (Å²) in [5.74, 6) is 0. The van der Waals surface area contributed by atoms with Gasteiger partial charge in [-0.2, -0.15) is 0 Å². The molecule has 0 fully saturated rings. The van der Waals surface area contributed by atoms with Crippen LogP contribution in [0.3, 0.4) is 0 Å². The summed E-state index contributed by atoms with van der Waals surface area (Å²) in [4.78, 5) is 6.58. The van der Waals surface area contributed by atoms with Gasteiger partial charge in [-0.1, -0.05) is 19.1 Å². The number of benzene rings is 1. The van der Waals surface area contributed by atoms with E-state index in [-0.39, 0.29) is 0 Å². The Hall–Kier alpha value is -1.39. The maximum atomic E-state index is 4.38. The van der Waals surface area contributed by atoms with E-state index in [1.54, 1.807) is 0 Å². The van der Waals surface area contributed by atoms with Gasteiger partial charge in [-0.15, -0.1) is 0 Å². The van der Waals surface area contributed by atoms with Crippen LogP contribution in [0.1, 0.15) is 31.1 Å². The van der Waals surface area contributed by atoms with Crippen molar-refractivity contribution in [2.24, 2.45) is 0 Å². The lowest BCUT2D eigenvalue weighted by Gasteiger charge is -2.22. The van der Waals surface area contributed by atoms with Crippen molar-refractivity contribution in [3.8, 4) is 0 Å². The predicted octanol–water partition coefficient (Wildman–Crippen LogP) is 4.15. The Morgan fingerprint density at radius 1 is 1.29 bits per heavy atom. The molecule has 4 heteroatoms. The number of hydrogen-bond donors (Lipinski definition) is 1. The van der Waals surface area contributed by atoms with E-state index in [4.69, 9.17) is 0 Å². The Bertz CT molecular complexity index is 572. The van der Waals surface area contributed by atoms with Crippen LogP contribution in [0.2, 0.25) is 0 Å². The molecule has 0 aliphatic rings. The van der Waals surface area contributed by atoms with Crippen LogP contribution in [0.5, 0.6) is 0 Å². The summed E-state index contributed by atoms with van der Waals surface area (Å²) in [6, 6.07) is 12.9. The van der Waals surface area contributed by atoms with Gasteiger partial charge in [0.15, 0.2) is 0 Å². The fourth-order valence-electron chi connectivity index (χ4n) is 2.35. The minimum Gasteiger partial charge on any atom is -0.368 e. The lowest BCUT2D eigenvalue weighted by molar-refractivity contribution is 0.598. The smallest absolute Gasteiger partial charge is 0.0599 e. The van der Waals surface area contributed by atoms with Gasteiger partial charge in [0.05, 0.1) is 17.9 Å². The highest BCUT2D eigenvalue weighted by Gasteiger charge is 2.10. The molecular formula is C17H22BrN3. The summed E-state index contributed by atoms with van der Waals surface area (Å²) >= 11 is 3.69. The Morgan fingerprint density at radius 3 is 2.71 bits per heavy atom. The van der Waals surface area contributed by atoms with Gasteiger partial charge < -0.3 is 10.2 Å². The molecule has 1 unspecified atom stereocenters. The van der Waals surface area contributed by atoms with Crippen molar-refractivity contribution < 1.29 is 0 Å². The van der Waals surface area contributed by atoms with Gasteiger partial charge in [0, 0.05) is 23.8 Å². The zero-order valence-electron chi connectivity index (χ0n) is 12.8. The van der Waals surface area contributed by atoms with Gasteiger partial charge in [-0.3, -0.25) is 4.98 Å². The van der Waals surface area contributed by atoms with Crippen molar-refractivity contribution in [1.29, 1.82) is 0 Å². The fourth-order valence-corrected chi connectivity index (χ4v) is 3.05. The number of nitrogens with zero attached hydrogens (tertiary/aromatic N) is 2. The first kappa shape index (κ1) is 16.0. The van der Waals surface area contributed by atoms with Crippen LogP contribution in [-0.4, -0.2) is 18.6 Å². The van der Waals surface area contributed by atoms with Crippen LogP contribution in [0.15, 0.2) is 47.1 Å². The van der Waals surface area contributed by atoms with Crippen molar-refractivity contribution >= 4 is 21.6 Å². The first-order valence-corrected chi connectivity index (χ1v) is 8.05. The average Bonchev–Trinajstić information content (AvgIpc) is 2.48. The maximum absolute atomic E-state index is 4.38. The van der Waals surface area contributed by atoms with E-state index in [0.29, 0.717) is 6.04 Å². The molecule has 2 rings (SSSR count). The van der Waals surface area contributed by atoms with Crippen LogP contribution in [0.4, 0.5) is 5.69 Å². The summed E-state index contributed by atoms with van der Waals surface area (Å²) in [5.41, 5.74) is 3.53. The van der Waals surface area contributed by atoms with Crippen LogP contribution in [0.25, 0.3) is 0 Å². The van der Waals surface area contributed by atoms with Crippen molar-refractivity contribution in [2.75, 3.05) is 18.5 Å². The third-order valence-corrected chi connectivity index (χ3v) is 4.15. The summed E-state index contributed by atoms with van der Waals surface area (Å²) in [6.07, 6.45) is 1.83. The lowest BCUT2D eigenvalue weighted by Crippen LogP contribution is -2.19. The maximum Gasteiger partial charge on any atom is 0.0599 e. The number of pyridine rings is 1.